The van der Waals surface area contributed by atoms with Crippen LogP contribution in [0.3, 0.4) is 0 Å². The van der Waals surface area contributed by atoms with Crippen LogP contribution in [-0.2, 0) is 9.53 Å². The highest BCUT2D eigenvalue weighted by atomic mass is 16.5. The number of hydrogen-bond acceptors (Lipinski definition) is 2. The van der Waals surface area contributed by atoms with E-state index in [1.165, 1.54) is 0 Å². The van der Waals surface area contributed by atoms with Gasteiger partial charge in [0.25, 0.3) is 0 Å². The Morgan fingerprint density at radius 3 is 2.85 bits per heavy atom. The molecular formula is C10H17NO2. The summed E-state index contributed by atoms with van der Waals surface area (Å²) in [7, 11) is 0. The largest absolute Gasteiger partial charge is 0.369 e. The predicted molar refractivity (Wildman–Crippen MR) is 52.2 cm³/mol. The van der Waals surface area contributed by atoms with Crippen molar-refractivity contribution < 1.29 is 9.53 Å². The summed E-state index contributed by atoms with van der Waals surface area (Å²) in [4.78, 5) is 11.0. The van der Waals surface area contributed by atoms with Crippen LogP contribution in [0, 0.1) is 12.3 Å². The van der Waals surface area contributed by atoms with Crippen molar-refractivity contribution in [3.63, 3.8) is 0 Å². The summed E-state index contributed by atoms with van der Waals surface area (Å²) in [6.07, 6.45) is 6.67. The van der Waals surface area contributed by atoms with Crippen LogP contribution in [0.1, 0.15) is 26.7 Å². The maximum absolute atomic E-state index is 11.0. The van der Waals surface area contributed by atoms with Gasteiger partial charge in [0, 0.05) is 13.0 Å². The Kier molecular flexibility index (Phi) is 7.04. The molecule has 3 nitrogen and oxygen atoms in total. The summed E-state index contributed by atoms with van der Waals surface area (Å²) >= 11 is 0. The fourth-order valence-corrected chi connectivity index (χ4v) is 0.712. The molecule has 1 amide bonds. The molecule has 74 valence electrons. The SMILES string of the molecule is C#CCCCNC(=O)COC(C)C. The van der Waals surface area contributed by atoms with Crippen molar-refractivity contribution in [2.24, 2.45) is 0 Å². The van der Waals surface area contributed by atoms with E-state index in [4.69, 9.17) is 11.2 Å². The number of hydrogen-bond donors (Lipinski definition) is 1. The highest BCUT2D eigenvalue weighted by molar-refractivity contribution is 5.77. The van der Waals surface area contributed by atoms with Crippen molar-refractivity contribution in [2.75, 3.05) is 13.2 Å². The molecule has 0 atom stereocenters. The summed E-state index contributed by atoms with van der Waals surface area (Å²) in [6.45, 7) is 4.55. The van der Waals surface area contributed by atoms with Crippen LogP contribution in [0.5, 0.6) is 0 Å². The zero-order chi connectivity index (χ0) is 10.1. The van der Waals surface area contributed by atoms with E-state index in [1.807, 2.05) is 13.8 Å². The minimum Gasteiger partial charge on any atom is -0.369 e. The van der Waals surface area contributed by atoms with Crippen LogP contribution in [0.15, 0.2) is 0 Å². The molecule has 0 aliphatic rings. The van der Waals surface area contributed by atoms with E-state index in [0.717, 1.165) is 6.42 Å². The summed E-state index contributed by atoms with van der Waals surface area (Å²) in [5.41, 5.74) is 0. The van der Waals surface area contributed by atoms with Crippen molar-refractivity contribution in [2.45, 2.75) is 32.8 Å². The van der Waals surface area contributed by atoms with Gasteiger partial charge in [-0.25, -0.2) is 0 Å². The smallest absolute Gasteiger partial charge is 0.246 e. The molecule has 0 aliphatic heterocycles. The van der Waals surface area contributed by atoms with Crippen molar-refractivity contribution in [1.82, 2.24) is 5.32 Å². The first-order chi connectivity index (χ1) is 6.16. The Balaban J connectivity index is 3.26. The van der Waals surface area contributed by atoms with Crippen LogP contribution in [0.4, 0.5) is 0 Å². The van der Waals surface area contributed by atoms with Gasteiger partial charge in [-0.3, -0.25) is 4.79 Å². The Morgan fingerprint density at radius 1 is 1.62 bits per heavy atom. The first-order valence-corrected chi connectivity index (χ1v) is 4.48. The third-order valence-electron chi connectivity index (χ3n) is 1.37. The molecule has 0 aliphatic carbocycles. The Bertz CT molecular complexity index is 182. The number of carbonyl (C=O) groups excluding carboxylic acids is 1. The average molecular weight is 183 g/mol. The second-order valence-corrected chi connectivity index (χ2v) is 3.02. The third kappa shape index (κ3) is 8.90. The normalized spacial score (nSPS) is 9.69. The first-order valence-electron chi connectivity index (χ1n) is 4.48. The molecule has 0 aromatic rings. The number of unbranched alkanes of at least 4 members (excludes halogenated alkanes) is 1. The molecule has 0 bridgehead atoms. The summed E-state index contributed by atoms with van der Waals surface area (Å²) in [5, 5.41) is 2.71. The number of nitrogens with one attached hydrogen (secondary N) is 1. The van der Waals surface area contributed by atoms with E-state index >= 15 is 0 Å². The van der Waals surface area contributed by atoms with Gasteiger partial charge in [-0.15, -0.1) is 12.3 Å². The van der Waals surface area contributed by atoms with Crippen LogP contribution >= 0.6 is 0 Å². The van der Waals surface area contributed by atoms with E-state index in [0.29, 0.717) is 13.0 Å². The topological polar surface area (TPSA) is 38.3 Å². The van der Waals surface area contributed by atoms with Gasteiger partial charge < -0.3 is 10.1 Å². The van der Waals surface area contributed by atoms with Gasteiger partial charge >= 0.3 is 0 Å². The maximum atomic E-state index is 11.0. The number of ether oxygens (including phenoxy) is 1. The lowest BCUT2D eigenvalue weighted by molar-refractivity contribution is -0.127. The number of terminal acetylenes is 1. The average Bonchev–Trinajstić information content (AvgIpc) is 2.09. The van der Waals surface area contributed by atoms with Crippen LogP contribution in [0.25, 0.3) is 0 Å². The van der Waals surface area contributed by atoms with Crippen molar-refractivity contribution in [1.29, 1.82) is 0 Å². The summed E-state index contributed by atoms with van der Waals surface area (Å²) in [6, 6.07) is 0. The van der Waals surface area contributed by atoms with E-state index in [2.05, 4.69) is 11.2 Å². The molecule has 13 heavy (non-hydrogen) atoms. The number of amides is 1. The zero-order valence-electron chi connectivity index (χ0n) is 8.30. The van der Waals surface area contributed by atoms with Crippen molar-refractivity contribution in [3.8, 4) is 12.3 Å². The Hall–Kier alpha value is -1.01. The van der Waals surface area contributed by atoms with Gasteiger partial charge in [0.15, 0.2) is 0 Å². The monoisotopic (exact) mass is 183 g/mol. The van der Waals surface area contributed by atoms with Crippen LogP contribution < -0.4 is 5.32 Å². The van der Waals surface area contributed by atoms with Gasteiger partial charge in [0.2, 0.25) is 5.91 Å². The number of carbonyl (C=O) groups is 1. The molecule has 1 N–H and O–H groups in total. The van der Waals surface area contributed by atoms with E-state index in [1.54, 1.807) is 0 Å². The number of rotatable bonds is 6. The minimum atomic E-state index is -0.0780. The lowest BCUT2D eigenvalue weighted by Crippen LogP contribution is -2.29. The fraction of sp³-hybridized carbons (Fsp3) is 0.700. The van der Waals surface area contributed by atoms with Gasteiger partial charge in [0.1, 0.15) is 6.61 Å². The van der Waals surface area contributed by atoms with Gasteiger partial charge in [-0.2, -0.15) is 0 Å². The molecule has 0 heterocycles. The highest BCUT2D eigenvalue weighted by Gasteiger charge is 2.01. The molecule has 0 rings (SSSR count). The van der Waals surface area contributed by atoms with Crippen molar-refractivity contribution >= 4 is 5.91 Å². The standard InChI is InChI=1S/C10H17NO2/c1-4-5-6-7-11-10(12)8-13-9(2)3/h1,9H,5-8H2,2-3H3,(H,11,12). The molecule has 0 unspecified atom stereocenters. The Morgan fingerprint density at radius 2 is 2.31 bits per heavy atom. The molecule has 0 saturated heterocycles. The molecule has 0 aromatic heterocycles. The van der Waals surface area contributed by atoms with Gasteiger partial charge in [0.05, 0.1) is 6.10 Å². The second kappa shape index (κ2) is 7.63. The van der Waals surface area contributed by atoms with Gasteiger partial charge in [-0.05, 0) is 20.3 Å². The highest BCUT2D eigenvalue weighted by Crippen LogP contribution is 1.87. The lowest BCUT2D eigenvalue weighted by atomic mass is 10.3. The molecule has 0 spiro atoms. The fourth-order valence-electron chi connectivity index (χ4n) is 0.712. The third-order valence-corrected chi connectivity index (χ3v) is 1.37. The van der Waals surface area contributed by atoms with E-state index in [-0.39, 0.29) is 18.6 Å². The molecule has 0 saturated carbocycles. The van der Waals surface area contributed by atoms with E-state index in [9.17, 15) is 4.79 Å². The maximum Gasteiger partial charge on any atom is 0.246 e. The molecule has 3 heteroatoms. The molecular weight excluding hydrogens is 166 g/mol. The van der Waals surface area contributed by atoms with Gasteiger partial charge in [-0.1, -0.05) is 0 Å². The van der Waals surface area contributed by atoms with Crippen LogP contribution in [-0.4, -0.2) is 25.2 Å². The molecule has 0 fully saturated rings. The van der Waals surface area contributed by atoms with E-state index < -0.39 is 0 Å². The first kappa shape index (κ1) is 12.0. The molecule has 0 radical (unpaired) electrons. The lowest BCUT2D eigenvalue weighted by Gasteiger charge is -2.07. The summed E-state index contributed by atoms with van der Waals surface area (Å²) in [5.74, 6) is 2.43. The Labute approximate surface area is 79.8 Å². The van der Waals surface area contributed by atoms with Crippen molar-refractivity contribution in [3.05, 3.63) is 0 Å². The van der Waals surface area contributed by atoms with Crippen LogP contribution in [0.2, 0.25) is 0 Å². The second-order valence-electron chi connectivity index (χ2n) is 3.02. The zero-order valence-corrected chi connectivity index (χ0v) is 8.30. The predicted octanol–water partition coefficient (Wildman–Crippen LogP) is 0.941. The molecule has 0 aromatic carbocycles. The summed E-state index contributed by atoms with van der Waals surface area (Å²) < 4.78 is 5.11. The quantitative estimate of drug-likeness (QED) is 0.491. The minimum absolute atomic E-state index is 0.0780.